The van der Waals surface area contributed by atoms with Crippen molar-refractivity contribution in [1.29, 1.82) is 0 Å². The number of nitrogens with two attached hydrogens (primary N) is 1. The van der Waals surface area contributed by atoms with E-state index in [1.54, 1.807) is 12.4 Å². The van der Waals surface area contributed by atoms with Crippen molar-refractivity contribution in [3.8, 4) is 0 Å². The van der Waals surface area contributed by atoms with Gasteiger partial charge in [0, 0.05) is 29.9 Å². The summed E-state index contributed by atoms with van der Waals surface area (Å²) in [7, 11) is 0. The quantitative estimate of drug-likeness (QED) is 0.790. The molecule has 1 aliphatic carbocycles. The zero-order valence-electron chi connectivity index (χ0n) is 9.70. The number of Topliss-reactive ketones (excluding diaryl/α,β-unsaturated/α-hetero) is 1. The summed E-state index contributed by atoms with van der Waals surface area (Å²) in [4.78, 5) is 16.5. The number of aromatic nitrogens is 1. The van der Waals surface area contributed by atoms with Gasteiger partial charge in [-0.2, -0.15) is 0 Å². The fourth-order valence-corrected chi connectivity index (χ4v) is 2.56. The van der Waals surface area contributed by atoms with Gasteiger partial charge < -0.3 is 5.73 Å². The van der Waals surface area contributed by atoms with Gasteiger partial charge in [-0.15, -0.1) is 0 Å². The predicted octanol–water partition coefficient (Wildman–Crippen LogP) is 2.09. The van der Waals surface area contributed by atoms with Crippen molar-refractivity contribution in [2.24, 2.45) is 11.1 Å². The summed E-state index contributed by atoms with van der Waals surface area (Å²) in [6, 6.07) is 1.91. The smallest absolute Gasteiger partial charge is 0.171 e. The lowest BCUT2D eigenvalue weighted by Crippen LogP contribution is -2.36. The Balaban J connectivity index is 2.30. The van der Waals surface area contributed by atoms with Crippen molar-refractivity contribution in [2.75, 3.05) is 6.54 Å². The molecule has 0 amide bonds. The third kappa shape index (κ3) is 1.87. The Morgan fingerprint density at radius 1 is 1.44 bits per heavy atom. The van der Waals surface area contributed by atoms with Crippen molar-refractivity contribution in [2.45, 2.75) is 32.6 Å². The van der Waals surface area contributed by atoms with Gasteiger partial charge in [-0.1, -0.05) is 12.8 Å². The van der Waals surface area contributed by atoms with E-state index in [2.05, 4.69) is 4.98 Å². The van der Waals surface area contributed by atoms with E-state index in [1.165, 1.54) is 0 Å². The van der Waals surface area contributed by atoms with Crippen LogP contribution in [-0.2, 0) is 0 Å². The average molecular weight is 218 g/mol. The van der Waals surface area contributed by atoms with Crippen LogP contribution < -0.4 is 5.73 Å². The number of ketones is 1. The zero-order valence-corrected chi connectivity index (χ0v) is 9.70. The molecule has 3 nitrogen and oxygen atoms in total. The lowest BCUT2D eigenvalue weighted by Gasteiger charge is -2.25. The van der Waals surface area contributed by atoms with E-state index in [9.17, 15) is 4.79 Å². The predicted molar refractivity (Wildman–Crippen MR) is 63.3 cm³/mol. The molecule has 1 aromatic heterocycles. The SMILES string of the molecule is Cc1cncc(C(=O)C2(CN)CCCC2)c1. The second-order valence-corrected chi connectivity index (χ2v) is 4.77. The number of carbonyl (C=O) groups excluding carboxylic acids is 1. The lowest BCUT2D eigenvalue weighted by molar-refractivity contribution is 0.0809. The number of hydrogen-bond acceptors (Lipinski definition) is 3. The number of pyridine rings is 1. The van der Waals surface area contributed by atoms with Gasteiger partial charge in [-0.3, -0.25) is 9.78 Å². The first-order chi connectivity index (χ1) is 7.68. The molecule has 0 atom stereocenters. The highest BCUT2D eigenvalue weighted by Crippen LogP contribution is 2.39. The molecule has 0 radical (unpaired) electrons. The van der Waals surface area contributed by atoms with Gasteiger partial charge in [0.1, 0.15) is 0 Å². The average Bonchev–Trinajstić information content (AvgIpc) is 2.78. The maximum atomic E-state index is 12.4. The summed E-state index contributed by atoms with van der Waals surface area (Å²) in [5.41, 5.74) is 7.23. The van der Waals surface area contributed by atoms with Crippen LogP contribution in [-0.4, -0.2) is 17.3 Å². The van der Waals surface area contributed by atoms with Crippen molar-refractivity contribution in [1.82, 2.24) is 4.98 Å². The molecule has 3 heteroatoms. The van der Waals surface area contributed by atoms with Crippen LogP contribution in [0, 0.1) is 12.3 Å². The Labute approximate surface area is 96.1 Å². The molecular weight excluding hydrogens is 200 g/mol. The van der Waals surface area contributed by atoms with Crippen LogP contribution in [0.15, 0.2) is 18.5 Å². The number of carbonyl (C=O) groups is 1. The molecule has 2 rings (SSSR count). The Morgan fingerprint density at radius 2 is 2.12 bits per heavy atom. The van der Waals surface area contributed by atoms with Gasteiger partial charge in [-0.05, 0) is 31.4 Å². The Morgan fingerprint density at radius 3 is 2.69 bits per heavy atom. The summed E-state index contributed by atoms with van der Waals surface area (Å²) < 4.78 is 0. The molecule has 1 aromatic rings. The highest BCUT2D eigenvalue weighted by Gasteiger charge is 2.40. The lowest BCUT2D eigenvalue weighted by atomic mass is 9.79. The molecule has 0 unspecified atom stereocenters. The van der Waals surface area contributed by atoms with Crippen LogP contribution in [0.25, 0.3) is 0 Å². The zero-order chi connectivity index (χ0) is 11.6. The molecule has 0 spiro atoms. The Kier molecular flexibility index (Phi) is 3.06. The largest absolute Gasteiger partial charge is 0.329 e. The highest BCUT2D eigenvalue weighted by atomic mass is 16.1. The van der Waals surface area contributed by atoms with E-state index in [0.29, 0.717) is 12.1 Å². The molecule has 0 bridgehead atoms. The molecule has 0 saturated heterocycles. The topological polar surface area (TPSA) is 56.0 Å². The fourth-order valence-electron chi connectivity index (χ4n) is 2.56. The monoisotopic (exact) mass is 218 g/mol. The van der Waals surface area contributed by atoms with E-state index in [0.717, 1.165) is 31.2 Å². The molecule has 0 aromatic carbocycles. The normalized spacial score (nSPS) is 18.6. The minimum absolute atomic E-state index is 0.184. The van der Waals surface area contributed by atoms with E-state index >= 15 is 0 Å². The van der Waals surface area contributed by atoms with E-state index in [1.807, 2.05) is 13.0 Å². The molecule has 0 aliphatic heterocycles. The molecular formula is C13H18N2O. The molecule has 1 saturated carbocycles. The summed E-state index contributed by atoms with van der Waals surface area (Å²) >= 11 is 0. The van der Waals surface area contributed by atoms with Gasteiger partial charge >= 0.3 is 0 Å². The summed E-state index contributed by atoms with van der Waals surface area (Å²) in [5.74, 6) is 0.184. The van der Waals surface area contributed by atoms with Crippen LogP contribution in [0.4, 0.5) is 0 Å². The van der Waals surface area contributed by atoms with E-state index < -0.39 is 0 Å². The number of aryl methyl sites for hydroxylation is 1. The van der Waals surface area contributed by atoms with Gasteiger partial charge in [0.25, 0.3) is 0 Å². The van der Waals surface area contributed by atoms with Gasteiger partial charge in [0.2, 0.25) is 0 Å². The summed E-state index contributed by atoms with van der Waals surface area (Å²) in [5, 5.41) is 0. The van der Waals surface area contributed by atoms with Crippen LogP contribution in [0.2, 0.25) is 0 Å². The van der Waals surface area contributed by atoms with Crippen molar-refractivity contribution >= 4 is 5.78 Å². The minimum atomic E-state index is -0.310. The first-order valence-corrected chi connectivity index (χ1v) is 5.84. The van der Waals surface area contributed by atoms with E-state index in [-0.39, 0.29) is 11.2 Å². The van der Waals surface area contributed by atoms with Crippen molar-refractivity contribution < 1.29 is 4.79 Å². The van der Waals surface area contributed by atoms with Crippen LogP contribution >= 0.6 is 0 Å². The maximum absolute atomic E-state index is 12.4. The molecule has 2 N–H and O–H groups in total. The fraction of sp³-hybridized carbons (Fsp3) is 0.538. The molecule has 16 heavy (non-hydrogen) atoms. The number of rotatable bonds is 3. The van der Waals surface area contributed by atoms with Crippen LogP contribution in [0.1, 0.15) is 41.6 Å². The van der Waals surface area contributed by atoms with Gasteiger partial charge in [0.05, 0.1) is 0 Å². The second-order valence-electron chi connectivity index (χ2n) is 4.77. The highest BCUT2D eigenvalue weighted by molar-refractivity contribution is 6.00. The number of nitrogens with zero attached hydrogens (tertiary/aromatic N) is 1. The molecule has 1 aliphatic rings. The summed E-state index contributed by atoms with van der Waals surface area (Å²) in [6.45, 7) is 2.41. The second kappa shape index (κ2) is 4.34. The minimum Gasteiger partial charge on any atom is -0.329 e. The number of hydrogen-bond donors (Lipinski definition) is 1. The van der Waals surface area contributed by atoms with Gasteiger partial charge in [-0.25, -0.2) is 0 Å². The van der Waals surface area contributed by atoms with Gasteiger partial charge in [0.15, 0.2) is 5.78 Å². The Bertz CT molecular complexity index is 395. The van der Waals surface area contributed by atoms with E-state index in [4.69, 9.17) is 5.73 Å². The van der Waals surface area contributed by atoms with Crippen LogP contribution in [0.3, 0.4) is 0 Å². The third-order valence-corrected chi connectivity index (χ3v) is 3.57. The first-order valence-electron chi connectivity index (χ1n) is 5.84. The standard InChI is InChI=1S/C13H18N2O/c1-10-6-11(8-15-7-10)12(16)13(9-14)4-2-3-5-13/h6-8H,2-5,9,14H2,1H3. The van der Waals surface area contributed by atoms with Crippen molar-refractivity contribution in [3.05, 3.63) is 29.6 Å². The third-order valence-electron chi connectivity index (χ3n) is 3.57. The first kappa shape index (κ1) is 11.3. The maximum Gasteiger partial charge on any atom is 0.171 e. The van der Waals surface area contributed by atoms with Crippen LogP contribution in [0.5, 0.6) is 0 Å². The Hall–Kier alpha value is -1.22. The molecule has 86 valence electrons. The summed E-state index contributed by atoms with van der Waals surface area (Å²) in [6.07, 6.45) is 7.50. The molecule has 1 fully saturated rings. The molecule has 1 heterocycles. The van der Waals surface area contributed by atoms with Crippen molar-refractivity contribution in [3.63, 3.8) is 0 Å².